The first-order chi connectivity index (χ1) is 26.7. The highest BCUT2D eigenvalue weighted by atomic mass is 16.6. The molecule has 3 aromatic carbocycles. The van der Waals surface area contributed by atoms with E-state index in [2.05, 4.69) is 16.0 Å². The van der Waals surface area contributed by atoms with Crippen molar-refractivity contribution >= 4 is 11.9 Å². The van der Waals surface area contributed by atoms with Crippen LogP contribution in [0.3, 0.4) is 0 Å². The number of aliphatic hydroxyl groups excluding tert-OH is 3. The molecule has 6 N–H and O–H groups in total. The fourth-order valence-electron chi connectivity index (χ4n) is 6.62. The summed E-state index contributed by atoms with van der Waals surface area (Å²) in [6.07, 6.45) is -3.90. The lowest BCUT2D eigenvalue weighted by Gasteiger charge is -2.52. The van der Waals surface area contributed by atoms with Crippen molar-refractivity contribution in [3.8, 4) is 0 Å². The molecule has 3 aromatic rings. The van der Waals surface area contributed by atoms with Gasteiger partial charge in [-0.3, -0.25) is 20.2 Å². The summed E-state index contributed by atoms with van der Waals surface area (Å²) in [5.41, 5.74) is 1.15. The third-order valence-electron chi connectivity index (χ3n) is 9.04. The molecule has 0 heterocycles. The minimum Gasteiger partial charge on any atom is -0.459 e. The Morgan fingerprint density at radius 3 is 1.21 bits per heavy atom. The zero-order valence-electron chi connectivity index (χ0n) is 33.4. The van der Waals surface area contributed by atoms with Gasteiger partial charge in [0.2, 0.25) is 0 Å². The van der Waals surface area contributed by atoms with E-state index in [0.29, 0.717) is 0 Å². The van der Waals surface area contributed by atoms with Crippen molar-refractivity contribution in [1.82, 2.24) is 16.0 Å². The maximum absolute atomic E-state index is 13.3. The molecule has 308 valence electrons. The smallest absolute Gasteiger partial charge is 0.320 e. The second-order valence-electron chi connectivity index (χ2n) is 16.0. The van der Waals surface area contributed by atoms with E-state index in [-0.39, 0.29) is 32.9 Å². The minimum absolute atomic E-state index is 0.146. The van der Waals surface area contributed by atoms with Gasteiger partial charge in [0.25, 0.3) is 0 Å². The van der Waals surface area contributed by atoms with E-state index in [1.165, 1.54) is 0 Å². The minimum atomic E-state index is -1.35. The van der Waals surface area contributed by atoms with E-state index in [1.807, 2.05) is 91.0 Å². The van der Waals surface area contributed by atoms with Crippen LogP contribution in [0.2, 0.25) is 0 Å². The first-order valence-electron chi connectivity index (χ1n) is 19.2. The number of carbonyl (C=O) groups excluding carboxylic acids is 2. The number of rotatable bonds is 20. The van der Waals surface area contributed by atoms with Gasteiger partial charge in [0.1, 0.15) is 11.2 Å². The van der Waals surface area contributed by atoms with Crippen molar-refractivity contribution in [3.63, 3.8) is 0 Å². The lowest BCUT2D eigenvalue weighted by molar-refractivity contribution is -0.172. The first-order valence-corrected chi connectivity index (χ1v) is 19.2. The van der Waals surface area contributed by atoms with Crippen LogP contribution in [-0.2, 0) is 53.1 Å². The highest BCUT2D eigenvalue weighted by molar-refractivity contribution is 5.72. The predicted molar refractivity (Wildman–Crippen MR) is 211 cm³/mol. The van der Waals surface area contributed by atoms with Crippen LogP contribution >= 0.6 is 0 Å². The molecule has 0 radical (unpaired) electrons. The van der Waals surface area contributed by atoms with Crippen molar-refractivity contribution in [2.45, 2.75) is 121 Å². The molecule has 13 nitrogen and oxygen atoms in total. The molecule has 56 heavy (non-hydrogen) atoms. The molecule has 0 amide bonds. The van der Waals surface area contributed by atoms with Crippen LogP contribution < -0.4 is 16.0 Å². The highest BCUT2D eigenvalue weighted by Crippen LogP contribution is 2.31. The summed E-state index contributed by atoms with van der Waals surface area (Å²) >= 11 is 0. The maximum Gasteiger partial charge on any atom is 0.320 e. The van der Waals surface area contributed by atoms with E-state index in [1.54, 1.807) is 41.5 Å². The second-order valence-corrected chi connectivity index (χ2v) is 16.0. The van der Waals surface area contributed by atoms with Crippen molar-refractivity contribution in [1.29, 1.82) is 0 Å². The van der Waals surface area contributed by atoms with Gasteiger partial charge in [0, 0.05) is 0 Å². The van der Waals surface area contributed by atoms with E-state index in [9.17, 15) is 24.9 Å². The Kier molecular flexibility index (Phi) is 17.4. The average Bonchev–Trinajstić information content (AvgIpc) is 3.16. The molecular formula is C43H61N3O10. The summed E-state index contributed by atoms with van der Waals surface area (Å²) in [5, 5.41) is 41.5. The largest absolute Gasteiger partial charge is 0.459 e. The SMILES string of the molecule is CC(C)(C)OC(=O)CN[C@@H]1C(OCc2ccccc2)[C@H](NCC(=O)OC(C)(C)C)[C@H](OCc2ccccc2)C(NC(CO)C(O)CO)[C@@H]1OCc1ccccc1. The molecule has 0 aliphatic heterocycles. The summed E-state index contributed by atoms with van der Waals surface area (Å²) in [7, 11) is 0. The molecule has 13 heteroatoms. The topological polar surface area (TPSA) is 177 Å². The Balaban J connectivity index is 1.87. The summed E-state index contributed by atoms with van der Waals surface area (Å²) in [5.74, 6) is -1.01. The number of aliphatic hydroxyl groups is 3. The molecular weight excluding hydrogens is 718 g/mol. The summed E-state index contributed by atoms with van der Waals surface area (Å²) < 4.78 is 31.8. The average molecular weight is 780 g/mol. The number of ether oxygens (including phenoxy) is 5. The normalized spacial score (nSPS) is 22.6. The number of hydrogen-bond donors (Lipinski definition) is 6. The second kappa shape index (κ2) is 21.7. The van der Waals surface area contributed by atoms with E-state index in [4.69, 9.17) is 23.7 Å². The molecule has 8 atom stereocenters. The predicted octanol–water partition coefficient (Wildman–Crippen LogP) is 3.03. The van der Waals surface area contributed by atoms with Crippen LogP contribution in [-0.4, -0.2) is 113 Å². The molecule has 1 fully saturated rings. The van der Waals surface area contributed by atoms with E-state index < -0.39 is 84.9 Å². The summed E-state index contributed by atoms with van der Waals surface area (Å²) in [4.78, 5) is 26.6. The number of benzene rings is 3. The van der Waals surface area contributed by atoms with Gasteiger partial charge in [0.15, 0.2) is 0 Å². The summed E-state index contributed by atoms with van der Waals surface area (Å²) in [6.45, 7) is 9.58. The van der Waals surface area contributed by atoms with Gasteiger partial charge in [-0.2, -0.15) is 0 Å². The number of esters is 2. The van der Waals surface area contributed by atoms with Crippen molar-refractivity contribution in [2.75, 3.05) is 26.3 Å². The quantitative estimate of drug-likeness (QED) is 0.0925. The van der Waals surface area contributed by atoms with E-state index in [0.717, 1.165) is 16.7 Å². The zero-order chi connectivity index (χ0) is 40.7. The van der Waals surface area contributed by atoms with Gasteiger partial charge in [-0.1, -0.05) is 91.0 Å². The Morgan fingerprint density at radius 1 is 0.571 bits per heavy atom. The summed E-state index contributed by atoms with van der Waals surface area (Å²) in [6, 6.07) is 25.3. The van der Waals surface area contributed by atoms with Crippen LogP contribution in [0.5, 0.6) is 0 Å². The van der Waals surface area contributed by atoms with Crippen LogP contribution in [0.25, 0.3) is 0 Å². The zero-order valence-corrected chi connectivity index (χ0v) is 33.4. The molecule has 0 aromatic heterocycles. The molecule has 1 aliphatic carbocycles. The number of nitrogens with one attached hydrogen (secondary N) is 3. The van der Waals surface area contributed by atoms with Gasteiger partial charge in [-0.25, -0.2) is 0 Å². The van der Waals surface area contributed by atoms with Gasteiger partial charge < -0.3 is 44.3 Å². The lowest BCUT2D eigenvalue weighted by Crippen LogP contribution is -2.76. The van der Waals surface area contributed by atoms with Gasteiger partial charge >= 0.3 is 11.9 Å². The highest BCUT2D eigenvalue weighted by Gasteiger charge is 2.53. The standard InChI is InChI=1S/C43H61N3O10/c1-42(2,3)55-34(50)22-44-36-39(52-26-29-16-10-7-11-17-29)37(45-23-35(51)56-43(4,5)6)41(54-28-31-20-14-9-15-21-31)38(46-32(24-47)33(49)25-48)40(36)53-27-30-18-12-8-13-19-30/h7-21,32-33,36-41,44-49H,22-28H2,1-6H3/t32?,33?,36-,37+,38?,39?,40-,41+. The molecule has 0 spiro atoms. The Labute approximate surface area is 331 Å². The van der Waals surface area contributed by atoms with Crippen molar-refractivity contribution < 1.29 is 48.6 Å². The Hall–Kier alpha value is -3.76. The molecule has 4 unspecified atom stereocenters. The van der Waals surface area contributed by atoms with Crippen molar-refractivity contribution in [3.05, 3.63) is 108 Å². The molecule has 1 saturated carbocycles. The van der Waals surface area contributed by atoms with Gasteiger partial charge in [0.05, 0.1) is 94.7 Å². The third kappa shape index (κ3) is 14.6. The molecule has 0 bridgehead atoms. The Morgan fingerprint density at radius 2 is 0.911 bits per heavy atom. The van der Waals surface area contributed by atoms with Crippen LogP contribution in [0.1, 0.15) is 58.2 Å². The van der Waals surface area contributed by atoms with Crippen molar-refractivity contribution in [2.24, 2.45) is 0 Å². The molecule has 4 rings (SSSR count). The third-order valence-corrected chi connectivity index (χ3v) is 9.04. The van der Waals surface area contributed by atoms with E-state index >= 15 is 0 Å². The van der Waals surface area contributed by atoms with Gasteiger partial charge in [-0.15, -0.1) is 0 Å². The Bertz CT molecular complexity index is 1500. The first kappa shape index (κ1) is 44.9. The van der Waals surface area contributed by atoms with Crippen LogP contribution in [0, 0.1) is 0 Å². The monoisotopic (exact) mass is 779 g/mol. The fourth-order valence-corrected chi connectivity index (χ4v) is 6.62. The van der Waals surface area contributed by atoms with Gasteiger partial charge in [-0.05, 0) is 58.2 Å². The van der Waals surface area contributed by atoms with Crippen LogP contribution in [0.15, 0.2) is 91.0 Å². The molecule has 1 aliphatic rings. The number of carbonyl (C=O) groups is 2. The fraction of sp³-hybridized carbons (Fsp3) is 0.535. The van der Waals surface area contributed by atoms with Crippen LogP contribution in [0.4, 0.5) is 0 Å². The number of hydrogen-bond acceptors (Lipinski definition) is 13. The maximum atomic E-state index is 13.3. The molecule has 0 saturated heterocycles. The lowest BCUT2D eigenvalue weighted by atomic mass is 9.78.